The van der Waals surface area contributed by atoms with Crippen LogP contribution in [0.3, 0.4) is 0 Å². The number of nitro groups is 1. The van der Waals surface area contributed by atoms with E-state index in [0.717, 1.165) is 18.4 Å². The van der Waals surface area contributed by atoms with Gasteiger partial charge in [-0.25, -0.2) is 0 Å². The van der Waals surface area contributed by atoms with E-state index in [1.54, 1.807) is 6.07 Å². The Morgan fingerprint density at radius 1 is 1.52 bits per heavy atom. The van der Waals surface area contributed by atoms with Crippen LogP contribution < -0.4 is 4.90 Å². The Labute approximate surface area is 122 Å². The standard InChI is InChI=1S/C15H18N2O4/c1-10-4-2-6-12(17(20)21)13(10)16-8-11-5-3-7-15(11,9-16)14(18)19/h2,4,6,11H,3,5,7-9H2,1H3,(H,18,19)/t11-,15+/m0/s1. The molecule has 6 nitrogen and oxygen atoms in total. The molecular formula is C15H18N2O4. The van der Waals surface area contributed by atoms with Crippen LogP contribution in [0.2, 0.25) is 0 Å². The number of hydrogen-bond acceptors (Lipinski definition) is 4. The molecule has 0 spiro atoms. The molecule has 1 aliphatic carbocycles. The quantitative estimate of drug-likeness (QED) is 0.683. The zero-order chi connectivity index (χ0) is 15.2. The van der Waals surface area contributed by atoms with Crippen molar-refractivity contribution in [2.45, 2.75) is 26.2 Å². The Bertz CT molecular complexity index is 616. The molecule has 1 aromatic rings. The molecule has 1 aromatic carbocycles. The first-order chi connectivity index (χ1) is 9.95. The number of para-hydroxylation sites is 1. The lowest BCUT2D eigenvalue weighted by Gasteiger charge is -2.24. The second-order valence-corrected chi connectivity index (χ2v) is 6.13. The molecule has 1 aliphatic heterocycles. The first kappa shape index (κ1) is 13.9. The minimum atomic E-state index is -0.760. The van der Waals surface area contributed by atoms with Crippen molar-refractivity contribution in [1.82, 2.24) is 0 Å². The first-order valence-electron chi connectivity index (χ1n) is 7.18. The fourth-order valence-electron chi connectivity index (χ4n) is 4.01. The number of rotatable bonds is 3. The number of benzene rings is 1. The highest BCUT2D eigenvalue weighted by atomic mass is 16.6. The van der Waals surface area contributed by atoms with E-state index >= 15 is 0 Å². The van der Waals surface area contributed by atoms with Crippen LogP contribution in [0.15, 0.2) is 18.2 Å². The Morgan fingerprint density at radius 3 is 2.90 bits per heavy atom. The van der Waals surface area contributed by atoms with Gasteiger partial charge >= 0.3 is 5.97 Å². The summed E-state index contributed by atoms with van der Waals surface area (Å²) < 4.78 is 0. The molecule has 6 heteroatoms. The van der Waals surface area contributed by atoms with Crippen LogP contribution in [0, 0.1) is 28.4 Å². The van der Waals surface area contributed by atoms with Crippen LogP contribution in [0.4, 0.5) is 11.4 Å². The van der Waals surface area contributed by atoms with Crippen LogP contribution in [0.25, 0.3) is 0 Å². The summed E-state index contributed by atoms with van der Waals surface area (Å²) in [4.78, 5) is 24.5. The number of carboxylic acid groups (broad SMARTS) is 1. The van der Waals surface area contributed by atoms with Gasteiger partial charge in [-0.2, -0.15) is 0 Å². The largest absolute Gasteiger partial charge is 0.481 e. The average molecular weight is 290 g/mol. The summed E-state index contributed by atoms with van der Waals surface area (Å²) in [5.74, 6) is -0.669. The number of hydrogen-bond donors (Lipinski definition) is 1. The van der Waals surface area contributed by atoms with Gasteiger partial charge < -0.3 is 10.0 Å². The number of anilines is 1. The highest BCUT2D eigenvalue weighted by molar-refractivity contribution is 5.79. The van der Waals surface area contributed by atoms with Gasteiger partial charge in [0, 0.05) is 19.2 Å². The summed E-state index contributed by atoms with van der Waals surface area (Å²) in [5, 5.41) is 20.9. The smallest absolute Gasteiger partial charge is 0.311 e. The maximum absolute atomic E-state index is 11.7. The fourth-order valence-corrected chi connectivity index (χ4v) is 4.01. The Balaban J connectivity index is 2.01. The molecule has 0 aromatic heterocycles. The maximum Gasteiger partial charge on any atom is 0.311 e. The van der Waals surface area contributed by atoms with Crippen LogP contribution >= 0.6 is 0 Å². The molecule has 0 radical (unpaired) electrons. The molecule has 1 saturated carbocycles. The molecule has 21 heavy (non-hydrogen) atoms. The number of nitro benzene ring substituents is 1. The SMILES string of the molecule is Cc1cccc([N+](=O)[O-])c1N1C[C@@H]2CCC[C@@]2(C(=O)O)C1. The van der Waals surface area contributed by atoms with Crippen molar-refractivity contribution < 1.29 is 14.8 Å². The van der Waals surface area contributed by atoms with Gasteiger partial charge in [-0.05, 0) is 31.2 Å². The number of nitrogens with zero attached hydrogens (tertiary/aromatic N) is 2. The van der Waals surface area contributed by atoms with E-state index in [1.165, 1.54) is 6.07 Å². The molecule has 1 heterocycles. The summed E-state index contributed by atoms with van der Waals surface area (Å²) in [5.41, 5.74) is 0.744. The van der Waals surface area contributed by atoms with Gasteiger partial charge in [0.1, 0.15) is 5.69 Å². The third-order valence-corrected chi connectivity index (χ3v) is 5.03. The number of carboxylic acids is 1. The Morgan fingerprint density at radius 2 is 2.29 bits per heavy atom. The van der Waals surface area contributed by atoms with Gasteiger partial charge in [-0.1, -0.05) is 18.6 Å². The van der Waals surface area contributed by atoms with Crippen LogP contribution in [-0.2, 0) is 4.79 Å². The third-order valence-electron chi connectivity index (χ3n) is 5.03. The van der Waals surface area contributed by atoms with Gasteiger partial charge in [0.2, 0.25) is 0 Å². The Hall–Kier alpha value is -2.11. The van der Waals surface area contributed by atoms with Gasteiger partial charge in [0.15, 0.2) is 0 Å². The molecule has 0 bridgehead atoms. The second kappa shape index (κ2) is 4.72. The molecule has 112 valence electrons. The molecule has 2 aliphatic rings. The molecule has 2 atom stereocenters. The lowest BCUT2D eigenvalue weighted by atomic mass is 9.81. The van der Waals surface area contributed by atoms with Crippen molar-refractivity contribution in [3.63, 3.8) is 0 Å². The summed E-state index contributed by atoms with van der Waals surface area (Å²) in [6, 6.07) is 4.99. The average Bonchev–Trinajstić information content (AvgIpc) is 2.95. The molecule has 2 fully saturated rings. The van der Waals surface area contributed by atoms with Gasteiger partial charge in [0.25, 0.3) is 5.69 Å². The molecule has 0 unspecified atom stereocenters. The van der Waals surface area contributed by atoms with E-state index in [1.807, 2.05) is 17.9 Å². The number of aryl methyl sites for hydroxylation is 1. The van der Waals surface area contributed by atoms with E-state index in [4.69, 9.17) is 0 Å². The zero-order valence-corrected chi connectivity index (χ0v) is 11.9. The summed E-state index contributed by atoms with van der Waals surface area (Å²) >= 11 is 0. The normalized spacial score (nSPS) is 27.7. The predicted molar refractivity (Wildman–Crippen MR) is 77.5 cm³/mol. The van der Waals surface area contributed by atoms with Crippen molar-refractivity contribution in [3.05, 3.63) is 33.9 Å². The van der Waals surface area contributed by atoms with Gasteiger partial charge in [-0.3, -0.25) is 14.9 Å². The lowest BCUT2D eigenvalue weighted by Crippen LogP contribution is -2.35. The van der Waals surface area contributed by atoms with E-state index in [9.17, 15) is 20.0 Å². The van der Waals surface area contributed by atoms with E-state index in [0.29, 0.717) is 25.2 Å². The fraction of sp³-hybridized carbons (Fsp3) is 0.533. The second-order valence-electron chi connectivity index (χ2n) is 6.13. The summed E-state index contributed by atoms with van der Waals surface area (Å²) in [6.45, 7) is 2.81. The van der Waals surface area contributed by atoms with Crippen LogP contribution in [-0.4, -0.2) is 29.1 Å². The Kier molecular flexibility index (Phi) is 3.11. The minimum absolute atomic E-state index is 0.0653. The predicted octanol–water partition coefficient (Wildman–Crippen LogP) is 2.59. The number of aliphatic carboxylic acids is 1. The summed E-state index contributed by atoms with van der Waals surface area (Å²) in [6.07, 6.45) is 2.49. The maximum atomic E-state index is 11.7. The highest BCUT2D eigenvalue weighted by Gasteiger charge is 2.55. The topological polar surface area (TPSA) is 83.7 Å². The third kappa shape index (κ3) is 1.97. The molecule has 3 rings (SSSR count). The van der Waals surface area contributed by atoms with E-state index in [2.05, 4.69) is 0 Å². The lowest BCUT2D eigenvalue weighted by molar-refractivity contribution is -0.384. The van der Waals surface area contributed by atoms with Crippen LogP contribution in [0.5, 0.6) is 0 Å². The van der Waals surface area contributed by atoms with Gasteiger partial charge in [-0.15, -0.1) is 0 Å². The van der Waals surface area contributed by atoms with E-state index in [-0.39, 0.29) is 16.5 Å². The number of fused-ring (bicyclic) bond motifs is 1. The summed E-state index contributed by atoms with van der Waals surface area (Å²) in [7, 11) is 0. The van der Waals surface area contributed by atoms with Crippen LogP contribution in [0.1, 0.15) is 24.8 Å². The van der Waals surface area contributed by atoms with Crippen molar-refractivity contribution >= 4 is 17.3 Å². The van der Waals surface area contributed by atoms with Crippen molar-refractivity contribution in [1.29, 1.82) is 0 Å². The van der Waals surface area contributed by atoms with Crippen molar-refractivity contribution in [2.75, 3.05) is 18.0 Å². The van der Waals surface area contributed by atoms with Gasteiger partial charge in [0.05, 0.1) is 10.3 Å². The molecule has 1 N–H and O–H groups in total. The zero-order valence-electron chi connectivity index (χ0n) is 11.9. The van der Waals surface area contributed by atoms with Crippen molar-refractivity contribution in [2.24, 2.45) is 11.3 Å². The molecular weight excluding hydrogens is 272 g/mol. The highest BCUT2D eigenvalue weighted by Crippen LogP contribution is 2.51. The number of carbonyl (C=O) groups is 1. The van der Waals surface area contributed by atoms with E-state index < -0.39 is 11.4 Å². The minimum Gasteiger partial charge on any atom is -0.481 e. The van der Waals surface area contributed by atoms with Crippen molar-refractivity contribution in [3.8, 4) is 0 Å². The monoisotopic (exact) mass is 290 g/mol. The first-order valence-corrected chi connectivity index (χ1v) is 7.18. The molecule has 1 saturated heterocycles. The molecule has 0 amide bonds.